The highest BCUT2D eigenvalue weighted by atomic mass is 16.5. The van der Waals surface area contributed by atoms with Crippen LogP contribution >= 0.6 is 0 Å². The van der Waals surface area contributed by atoms with Crippen molar-refractivity contribution in [1.82, 2.24) is 15.1 Å². The Balaban J connectivity index is 1.50. The van der Waals surface area contributed by atoms with Crippen LogP contribution in [0.5, 0.6) is 11.5 Å². The van der Waals surface area contributed by atoms with E-state index in [0.29, 0.717) is 6.54 Å². The normalized spacial score (nSPS) is 14.6. The van der Waals surface area contributed by atoms with Crippen molar-refractivity contribution in [3.05, 3.63) is 58.7 Å². The molecule has 0 unspecified atom stereocenters. The number of hydrogen-bond acceptors (Lipinski definition) is 4. The maximum absolute atomic E-state index is 12.5. The number of nitrogens with zero attached hydrogens (tertiary/aromatic N) is 2. The van der Waals surface area contributed by atoms with Gasteiger partial charge in [-0.15, -0.1) is 0 Å². The molecule has 0 saturated carbocycles. The Morgan fingerprint density at radius 1 is 0.966 bits per heavy atom. The first kappa shape index (κ1) is 21.0. The monoisotopic (exact) mass is 397 g/mol. The van der Waals surface area contributed by atoms with E-state index in [1.807, 2.05) is 11.0 Å². The largest absolute Gasteiger partial charge is 0.493 e. The Morgan fingerprint density at radius 3 is 2.21 bits per heavy atom. The quantitative estimate of drug-likeness (QED) is 0.812. The van der Waals surface area contributed by atoms with E-state index < -0.39 is 0 Å². The fourth-order valence-corrected chi connectivity index (χ4v) is 3.54. The van der Waals surface area contributed by atoms with Crippen molar-refractivity contribution in [2.45, 2.75) is 26.9 Å². The van der Waals surface area contributed by atoms with Crippen LogP contribution in [-0.2, 0) is 13.1 Å². The number of amides is 2. The lowest BCUT2D eigenvalue weighted by Gasteiger charge is -2.35. The van der Waals surface area contributed by atoms with Crippen molar-refractivity contribution < 1.29 is 14.3 Å². The lowest BCUT2D eigenvalue weighted by atomic mass is 10.1. The minimum absolute atomic E-state index is 0.00697. The highest BCUT2D eigenvalue weighted by Gasteiger charge is 2.21. The number of aryl methyl sites for hydroxylation is 2. The number of rotatable bonds is 6. The number of urea groups is 1. The molecule has 1 aliphatic rings. The molecule has 2 aromatic rings. The molecule has 6 heteroatoms. The van der Waals surface area contributed by atoms with E-state index in [2.05, 4.69) is 54.4 Å². The smallest absolute Gasteiger partial charge is 0.317 e. The van der Waals surface area contributed by atoms with Crippen LogP contribution in [0.2, 0.25) is 0 Å². The van der Waals surface area contributed by atoms with Crippen LogP contribution in [0.3, 0.4) is 0 Å². The van der Waals surface area contributed by atoms with Crippen LogP contribution in [-0.4, -0.2) is 56.2 Å². The summed E-state index contributed by atoms with van der Waals surface area (Å²) >= 11 is 0. The third-order valence-electron chi connectivity index (χ3n) is 5.46. The minimum Gasteiger partial charge on any atom is -0.493 e. The average molecular weight is 398 g/mol. The van der Waals surface area contributed by atoms with E-state index in [-0.39, 0.29) is 6.03 Å². The molecule has 0 radical (unpaired) electrons. The van der Waals surface area contributed by atoms with E-state index in [0.717, 1.165) is 49.8 Å². The van der Waals surface area contributed by atoms with Crippen LogP contribution in [0.1, 0.15) is 22.3 Å². The van der Waals surface area contributed by atoms with Crippen molar-refractivity contribution in [3.8, 4) is 11.5 Å². The molecule has 0 aliphatic carbocycles. The summed E-state index contributed by atoms with van der Waals surface area (Å²) in [5.74, 6) is 1.51. The number of methoxy groups -OCH3 is 2. The molecule has 3 rings (SSSR count). The van der Waals surface area contributed by atoms with E-state index in [9.17, 15) is 4.79 Å². The zero-order chi connectivity index (χ0) is 20.8. The summed E-state index contributed by atoms with van der Waals surface area (Å²) in [7, 11) is 3.31. The summed E-state index contributed by atoms with van der Waals surface area (Å²) in [5, 5.41) is 3.03. The van der Waals surface area contributed by atoms with E-state index in [1.54, 1.807) is 14.2 Å². The summed E-state index contributed by atoms with van der Waals surface area (Å²) in [5.41, 5.74) is 4.74. The fourth-order valence-electron chi connectivity index (χ4n) is 3.54. The van der Waals surface area contributed by atoms with Gasteiger partial charge in [-0.3, -0.25) is 4.90 Å². The molecule has 0 aromatic heterocycles. The van der Waals surface area contributed by atoms with Gasteiger partial charge in [0.25, 0.3) is 0 Å². The van der Waals surface area contributed by atoms with Gasteiger partial charge in [0.15, 0.2) is 11.5 Å². The fraction of sp³-hybridized carbons (Fsp3) is 0.435. The lowest BCUT2D eigenvalue weighted by molar-refractivity contribution is 0.135. The van der Waals surface area contributed by atoms with Crippen molar-refractivity contribution >= 4 is 6.03 Å². The Hall–Kier alpha value is -2.73. The lowest BCUT2D eigenvalue weighted by Crippen LogP contribution is -2.51. The average Bonchev–Trinajstić information content (AvgIpc) is 2.74. The first-order valence-electron chi connectivity index (χ1n) is 10.0. The third-order valence-corrected chi connectivity index (χ3v) is 5.46. The van der Waals surface area contributed by atoms with Crippen LogP contribution < -0.4 is 14.8 Å². The molecule has 2 aromatic carbocycles. The molecule has 156 valence electrons. The zero-order valence-electron chi connectivity index (χ0n) is 17.8. The highest BCUT2D eigenvalue weighted by Crippen LogP contribution is 2.31. The number of benzene rings is 2. The number of nitrogens with one attached hydrogen (secondary N) is 1. The van der Waals surface area contributed by atoms with Gasteiger partial charge < -0.3 is 19.7 Å². The summed E-state index contributed by atoms with van der Waals surface area (Å²) in [6.07, 6.45) is 0. The summed E-state index contributed by atoms with van der Waals surface area (Å²) in [6.45, 7) is 8.71. The number of carbonyl (C=O) groups is 1. The van der Waals surface area contributed by atoms with Crippen LogP contribution in [0.4, 0.5) is 4.79 Å². The number of piperazine rings is 1. The Kier molecular flexibility index (Phi) is 6.99. The second-order valence-electron chi connectivity index (χ2n) is 7.54. The molecule has 1 fully saturated rings. The molecule has 2 amide bonds. The molecular formula is C23H31N3O3. The van der Waals surface area contributed by atoms with Gasteiger partial charge in [0.05, 0.1) is 14.2 Å². The van der Waals surface area contributed by atoms with E-state index in [1.165, 1.54) is 16.7 Å². The van der Waals surface area contributed by atoms with Gasteiger partial charge in [-0.2, -0.15) is 0 Å². The number of carbonyl (C=O) groups excluding carboxylic acids is 1. The molecule has 1 N–H and O–H groups in total. The number of ether oxygens (including phenoxy) is 2. The van der Waals surface area contributed by atoms with Gasteiger partial charge in [-0.25, -0.2) is 4.79 Å². The van der Waals surface area contributed by atoms with E-state index >= 15 is 0 Å². The molecule has 6 nitrogen and oxygen atoms in total. The Bertz CT molecular complexity index is 828. The summed E-state index contributed by atoms with van der Waals surface area (Å²) < 4.78 is 10.8. The van der Waals surface area contributed by atoms with Crippen molar-refractivity contribution in [2.24, 2.45) is 0 Å². The Labute approximate surface area is 173 Å². The third kappa shape index (κ3) is 5.41. The second-order valence-corrected chi connectivity index (χ2v) is 7.54. The van der Waals surface area contributed by atoms with Gasteiger partial charge in [0.2, 0.25) is 0 Å². The molecule has 0 atom stereocenters. The topological polar surface area (TPSA) is 54.0 Å². The number of hydrogen-bond donors (Lipinski definition) is 1. The standard InChI is InChI=1S/C23H31N3O3/c1-17-5-7-19(8-6-17)15-24-23(27)26-11-9-25(10-12-26)16-20-14-22(29-4)21(28-3)13-18(20)2/h5-8,13-14H,9-12,15-16H2,1-4H3,(H,24,27). The van der Waals surface area contributed by atoms with Crippen molar-refractivity contribution in [2.75, 3.05) is 40.4 Å². The molecular weight excluding hydrogens is 366 g/mol. The van der Waals surface area contributed by atoms with Crippen molar-refractivity contribution in [3.63, 3.8) is 0 Å². The van der Waals surface area contributed by atoms with Crippen LogP contribution in [0.15, 0.2) is 36.4 Å². The maximum atomic E-state index is 12.5. The zero-order valence-corrected chi connectivity index (χ0v) is 17.8. The predicted molar refractivity (Wildman–Crippen MR) is 115 cm³/mol. The first-order valence-corrected chi connectivity index (χ1v) is 10.0. The predicted octanol–water partition coefficient (Wildman–Crippen LogP) is 3.35. The Morgan fingerprint density at radius 2 is 1.59 bits per heavy atom. The van der Waals surface area contributed by atoms with Gasteiger partial charge in [0, 0.05) is 39.3 Å². The molecule has 0 spiro atoms. The van der Waals surface area contributed by atoms with Gasteiger partial charge in [-0.05, 0) is 42.7 Å². The summed E-state index contributed by atoms with van der Waals surface area (Å²) in [6, 6.07) is 12.3. The SMILES string of the molecule is COc1cc(C)c(CN2CCN(C(=O)NCc3ccc(C)cc3)CC2)cc1OC. The molecule has 29 heavy (non-hydrogen) atoms. The van der Waals surface area contributed by atoms with Crippen molar-refractivity contribution in [1.29, 1.82) is 0 Å². The molecule has 0 bridgehead atoms. The highest BCUT2D eigenvalue weighted by molar-refractivity contribution is 5.74. The minimum atomic E-state index is 0.00697. The van der Waals surface area contributed by atoms with E-state index in [4.69, 9.17) is 9.47 Å². The second kappa shape index (κ2) is 9.65. The van der Waals surface area contributed by atoms with Crippen LogP contribution in [0, 0.1) is 13.8 Å². The maximum Gasteiger partial charge on any atom is 0.317 e. The van der Waals surface area contributed by atoms with Gasteiger partial charge in [-0.1, -0.05) is 29.8 Å². The molecule has 1 saturated heterocycles. The molecule has 1 aliphatic heterocycles. The van der Waals surface area contributed by atoms with Gasteiger partial charge in [0.1, 0.15) is 0 Å². The van der Waals surface area contributed by atoms with Crippen LogP contribution in [0.25, 0.3) is 0 Å². The molecule has 1 heterocycles. The van der Waals surface area contributed by atoms with Gasteiger partial charge >= 0.3 is 6.03 Å². The first-order chi connectivity index (χ1) is 14.0. The summed E-state index contributed by atoms with van der Waals surface area (Å²) in [4.78, 5) is 16.7.